The number of hydrazine groups is 1. The number of Topliss-reactive ketones (excluding diaryl/α,β-unsaturated/α-hetero) is 1. The van der Waals surface area contributed by atoms with Crippen molar-refractivity contribution in [2.45, 2.75) is 39.2 Å². The quantitative estimate of drug-likeness (QED) is 0.565. The van der Waals surface area contributed by atoms with Crippen molar-refractivity contribution < 1.29 is 14.0 Å². The summed E-state index contributed by atoms with van der Waals surface area (Å²) in [5.41, 5.74) is 3.28. The van der Waals surface area contributed by atoms with Gasteiger partial charge in [0.05, 0.1) is 11.2 Å². The van der Waals surface area contributed by atoms with E-state index >= 15 is 0 Å². The minimum atomic E-state index is -0.898. The first-order chi connectivity index (χ1) is 9.30. The van der Waals surface area contributed by atoms with Crippen LogP contribution in [0.1, 0.15) is 41.8 Å². The first kappa shape index (κ1) is 14.6. The minimum Gasteiger partial charge on any atom is -0.326 e. The molecule has 1 unspecified atom stereocenters. The summed E-state index contributed by atoms with van der Waals surface area (Å²) >= 11 is 0. The van der Waals surface area contributed by atoms with E-state index in [1.807, 2.05) is 0 Å². The molecule has 0 spiro atoms. The zero-order valence-electron chi connectivity index (χ0n) is 11.8. The molecule has 0 radical (unpaired) electrons. The monoisotopic (exact) mass is 279 g/mol. The number of benzene rings is 1. The molecule has 1 aliphatic carbocycles. The zero-order valence-corrected chi connectivity index (χ0v) is 11.8. The number of nitrogens with one attached hydrogen (secondary N) is 2. The summed E-state index contributed by atoms with van der Waals surface area (Å²) in [6.45, 7) is 4.66. The average molecular weight is 279 g/mol. The number of anilines is 1. The van der Waals surface area contributed by atoms with Crippen LogP contribution in [0.25, 0.3) is 0 Å². The molecule has 1 aromatic rings. The van der Waals surface area contributed by atoms with Crippen molar-refractivity contribution in [1.82, 2.24) is 5.43 Å². The molecule has 0 aromatic heterocycles. The van der Waals surface area contributed by atoms with Crippen LogP contribution in [-0.2, 0) is 11.2 Å². The van der Waals surface area contributed by atoms with Crippen LogP contribution in [-0.4, -0.2) is 17.2 Å². The van der Waals surface area contributed by atoms with E-state index in [4.69, 9.17) is 5.84 Å². The van der Waals surface area contributed by atoms with Crippen LogP contribution >= 0.6 is 0 Å². The largest absolute Gasteiger partial charge is 0.326 e. The van der Waals surface area contributed by atoms with Gasteiger partial charge in [0.2, 0.25) is 5.91 Å². The van der Waals surface area contributed by atoms with Crippen molar-refractivity contribution in [2.24, 2.45) is 5.84 Å². The van der Waals surface area contributed by atoms with Crippen molar-refractivity contribution in [2.75, 3.05) is 5.32 Å². The fourth-order valence-electron chi connectivity index (χ4n) is 2.56. The zero-order chi connectivity index (χ0) is 15.1. The summed E-state index contributed by atoms with van der Waals surface area (Å²) in [6, 6.07) is 1.19. The van der Waals surface area contributed by atoms with Gasteiger partial charge in [0.25, 0.3) is 0 Å². The SMILES string of the molecule is CC(=O)Nc1cc(F)c(C)c2c1C(=O)C(C)(NN)CC2. The molecule has 1 aliphatic rings. The van der Waals surface area contributed by atoms with Crippen LogP contribution in [0.5, 0.6) is 0 Å². The number of rotatable bonds is 2. The van der Waals surface area contributed by atoms with Crippen LogP contribution in [0.15, 0.2) is 6.07 Å². The van der Waals surface area contributed by atoms with Gasteiger partial charge in [-0.15, -0.1) is 0 Å². The first-order valence-electron chi connectivity index (χ1n) is 6.42. The number of halogens is 1. The van der Waals surface area contributed by atoms with Crippen molar-refractivity contribution in [3.63, 3.8) is 0 Å². The summed E-state index contributed by atoms with van der Waals surface area (Å²) in [4.78, 5) is 23.9. The molecule has 0 aliphatic heterocycles. The Balaban J connectivity index is 2.66. The Morgan fingerprint density at radius 2 is 2.15 bits per heavy atom. The third-order valence-electron chi connectivity index (χ3n) is 3.89. The van der Waals surface area contributed by atoms with E-state index in [9.17, 15) is 14.0 Å². The summed E-state index contributed by atoms with van der Waals surface area (Å²) < 4.78 is 13.9. The molecule has 0 fully saturated rings. The molecule has 1 amide bonds. The van der Waals surface area contributed by atoms with Crippen LogP contribution in [0.2, 0.25) is 0 Å². The molecule has 5 nitrogen and oxygen atoms in total. The van der Waals surface area contributed by atoms with Crippen molar-refractivity contribution in [3.05, 3.63) is 28.6 Å². The summed E-state index contributed by atoms with van der Waals surface area (Å²) in [5, 5.41) is 2.52. The number of nitrogens with two attached hydrogens (primary N) is 1. The van der Waals surface area contributed by atoms with Gasteiger partial charge in [0.15, 0.2) is 5.78 Å². The third-order valence-corrected chi connectivity index (χ3v) is 3.89. The number of hydrogen-bond acceptors (Lipinski definition) is 4. The highest BCUT2D eigenvalue weighted by molar-refractivity contribution is 6.11. The molecule has 0 saturated carbocycles. The highest BCUT2D eigenvalue weighted by Gasteiger charge is 2.40. The van der Waals surface area contributed by atoms with Crippen LogP contribution < -0.4 is 16.6 Å². The molecule has 1 atom stereocenters. The van der Waals surface area contributed by atoms with E-state index in [0.717, 1.165) is 0 Å². The van der Waals surface area contributed by atoms with E-state index in [1.54, 1.807) is 13.8 Å². The molecule has 2 rings (SSSR count). The predicted octanol–water partition coefficient (Wildman–Crippen LogP) is 1.44. The second kappa shape index (κ2) is 4.96. The van der Waals surface area contributed by atoms with Gasteiger partial charge in [-0.2, -0.15) is 0 Å². The molecule has 20 heavy (non-hydrogen) atoms. The Labute approximate surface area is 116 Å². The number of carbonyl (C=O) groups excluding carboxylic acids is 2. The molecule has 1 aromatic carbocycles. The lowest BCUT2D eigenvalue weighted by Gasteiger charge is -2.34. The Morgan fingerprint density at radius 1 is 1.50 bits per heavy atom. The molecule has 0 bridgehead atoms. The second-order valence-corrected chi connectivity index (χ2v) is 5.37. The lowest BCUT2D eigenvalue weighted by atomic mass is 9.76. The highest BCUT2D eigenvalue weighted by atomic mass is 19.1. The van der Waals surface area contributed by atoms with Gasteiger partial charge in [-0.3, -0.25) is 15.4 Å². The van der Waals surface area contributed by atoms with Gasteiger partial charge in [0, 0.05) is 12.5 Å². The van der Waals surface area contributed by atoms with Gasteiger partial charge < -0.3 is 5.32 Å². The van der Waals surface area contributed by atoms with Gasteiger partial charge in [-0.1, -0.05) is 0 Å². The molecular formula is C14H18FN3O2. The van der Waals surface area contributed by atoms with Crippen molar-refractivity contribution in [1.29, 1.82) is 0 Å². The summed E-state index contributed by atoms with van der Waals surface area (Å²) in [5.74, 6) is 4.47. The standard InChI is InChI=1S/C14H18FN3O2/c1-7-9-4-5-14(3,18-16)13(20)12(9)11(6-10(7)15)17-8(2)19/h6,18H,4-5,16H2,1-3H3,(H,17,19). The normalized spacial score (nSPS) is 21.6. The third kappa shape index (κ3) is 2.21. The average Bonchev–Trinajstić information content (AvgIpc) is 2.38. The maximum atomic E-state index is 13.9. The second-order valence-electron chi connectivity index (χ2n) is 5.37. The fraction of sp³-hybridized carbons (Fsp3) is 0.429. The summed E-state index contributed by atoms with van der Waals surface area (Å²) in [6.07, 6.45) is 1.01. The minimum absolute atomic E-state index is 0.210. The Kier molecular flexibility index (Phi) is 3.62. The lowest BCUT2D eigenvalue weighted by Crippen LogP contribution is -2.55. The van der Waals surface area contributed by atoms with Gasteiger partial charge in [-0.25, -0.2) is 9.82 Å². The molecule has 4 N–H and O–H groups in total. The van der Waals surface area contributed by atoms with Crippen LogP contribution in [0.4, 0.5) is 10.1 Å². The van der Waals surface area contributed by atoms with E-state index in [2.05, 4.69) is 10.7 Å². The van der Waals surface area contributed by atoms with E-state index in [0.29, 0.717) is 29.5 Å². The first-order valence-corrected chi connectivity index (χ1v) is 6.42. The molecule has 0 heterocycles. The topological polar surface area (TPSA) is 84.2 Å². The Bertz CT molecular complexity index is 601. The number of ketones is 1. The fourth-order valence-corrected chi connectivity index (χ4v) is 2.56. The van der Waals surface area contributed by atoms with Gasteiger partial charge in [0.1, 0.15) is 5.82 Å². The van der Waals surface area contributed by atoms with Gasteiger partial charge in [-0.05, 0) is 43.9 Å². The molecular weight excluding hydrogens is 261 g/mol. The number of fused-ring (bicyclic) bond motifs is 1. The van der Waals surface area contributed by atoms with Crippen molar-refractivity contribution >= 4 is 17.4 Å². The van der Waals surface area contributed by atoms with E-state index in [-0.39, 0.29) is 17.4 Å². The van der Waals surface area contributed by atoms with E-state index in [1.165, 1.54) is 13.0 Å². The smallest absolute Gasteiger partial charge is 0.221 e. The summed E-state index contributed by atoms with van der Waals surface area (Å²) in [7, 11) is 0. The maximum absolute atomic E-state index is 13.9. The molecule has 0 saturated heterocycles. The van der Waals surface area contributed by atoms with E-state index < -0.39 is 11.4 Å². The molecule has 108 valence electrons. The van der Waals surface area contributed by atoms with Crippen LogP contribution in [0.3, 0.4) is 0 Å². The Morgan fingerprint density at radius 3 is 2.70 bits per heavy atom. The lowest BCUT2D eigenvalue weighted by molar-refractivity contribution is -0.114. The van der Waals surface area contributed by atoms with Crippen LogP contribution in [0, 0.1) is 12.7 Å². The number of hydrogen-bond donors (Lipinski definition) is 3. The number of carbonyl (C=O) groups is 2. The number of amides is 1. The molecule has 6 heteroatoms. The van der Waals surface area contributed by atoms with Gasteiger partial charge >= 0.3 is 0 Å². The predicted molar refractivity (Wildman–Crippen MR) is 73.8 cm³/mol. The maximum Gasteiger partial charge on any atom is 0.221 e. The van der Waals surface area contributed by atoms with Crippen molar-refractivity contribution in [3.8, 4) is 0 Å². The Hall–Kier alpha value is -1.79. The highest BCUT2D eigenvalue weighted by Crippen LogP contribution is 2.36.